The molecule has 0 unspecified atom stereocenters. The minimum Gasteiger partial charge on any atom is -0.338 e. The van der Waals surface area contributed by atoms with E-state index in [1.807, 2.05) is 0 Å². The molecule has 4 amide bonds. The van der Waals surface area contributed by atoms with Gasteiger partial charge in [-0.05, 0) is 31.0 Å². The molecule has 1 aromatic carbocycles. The van der Waals surface area contributed by atoms with Crippen molar-refractivity contribution < 1.29 is 18.8 Å². The molecule has 116 valence electrons. The van der Waals surface area contributed by atoms with Crippen LogP contribution in [-0.4, -0.2) is 41.4 Å². The molecule has 0 atom stereocenters. The van der Waals surface area contributed by atoms with Crippen LogP contribution in [0, 0.1) is 5.82 Å². The number of hydrogen-bond donors (Lipinski definition) is 2. The van der Waals surface area contributed by atoms with E-state index in [-0.39, 0.29) is 29.6 Å². The van der Waals surface area contributed by atoms with Gasteiger partial charge in [-0.2, -0.15) is 0 Å². The summed E-state index contributed by atoms with van der Waals surface area (Å²) in [6.45, 7) is 0.517. The maximum Gasteiger partial charge on any atom is 0.322 e. The highest BCUT2D eigenvalue weighted by atomic mass is 35.5. The first-order valence-corrected chi connectivity index (χ1v) is 7.17. The molecule has 2 saturated heterocycles. The SMILES string of the molecule is O=C1NC(=O)C2(CCN(C(=O)c3ccc(Cl)cc3F)CC2)N1. The lowest BCUT2D eigenvalue weighted by atomic mass is 9.87. The molecule has 0 aromatic heterocycles. The van der Waals surface area contributed by atoms with Gasteiger partial charge in [-0.3, -0.25) is 14.9 Å². The maximum atomic E-state index is 13.8. The fourth-order valence-electron chi connectivity index (χ4n) is 2.80. The molecule has 0 radical (unpaired) electrons. The quantitative estimate of drug-likeness (QED) is 0.764. The van der Waals surface area contributed by atoms with E-state index in [1.165, 1.54) is 17.0 Å². The number of hydrogen-bond acceptors (Lipinski definition) is 3. The average Bonchev–Trinajstić information content (AvgIpc) is 2.73. The number of carbonyl (C=O) groups is 3. The predicted molar refractivity (Wildman–Crippen MR) is 76.0 cm³/mol. The maximum absolute atomic E-state index is 13.8. The minimum atomic E-state index is -0.952. The first-order valence-electron chi connectivity index (χ1n) is 6.79. The summed E-state index contributed by atoms with van der Waals surface area (Å²) in [6.07, 6.45) is 0.594. The highest BCUT2D eigenvalue weighted by molar-refractivity contribution is 6.30. The zero-order valence-corrected chi connectivity index (χ0v) is 12.2. The first-order chi connectivity index (χ1) is 10.4. The third-order valence-corrected chi connectivity index (χ3v) is 4.32. The van der Waals surface area contributed by atoms with E-state index in [4.69, 9.17) is 11.6 Å². The number of nitrogens with zero attached hydrogens (tertiary/aromatic N) is 1. The summed E-state index contributed by atoms with van der Waals surface area (Å²) in [6, 6.07) is 3.36. The number of halogens is 2. The smallest absolute Gasteiger partial charge is 0.322 e. The molecule has 2 aliphatic rings. The number of amides is 4. The summed E-state index contributed by atoms with van der Waals surface area (Å²) in [5, 5.41) is 5.03. The van der Waals surface area contributed by atoms with Crippen LogP contribution in [0.4, 0.5) is 9.18 Å². The molecule has 6 nitrogen and oxygen atoms in total. The molecule has 2 fully saturated rings. The molecule has 1 aromatic rings. The van der Waals surface area contributed by atoms with Gasteiger partial charge in [0, 0.05) is 18.1 Å². The topological polar surface area (TPSA) is 78.5 Å². The van der Waals surface area contributed by atoms with Gasteiger partial charge in [-0.15, -0.1) is 0 Å². The number of nitrogens with one attached hydrogen (secondary N) is 2. The standard InChI is InChI=1S/C14H13ClFN3O3/c15-8-1-2-9(10(16)7-8)11(20)19-5-3-14(4-6-19)12(21)17-13(22)18-14/h1-2,7H,3-6H2,(H2,17,18,21,22). The van der Waals surface area contributed by atoms with E-state index in [2.05, 4.69) is 10.6 Å². The van der Waals surface area contributed by atoms with Gasteiger partial charge in [0.05, 0.1) is 5.56 Å². The summed E-state index contributed by atoms with van der Waals surface area (Å²) in [4.78, 5) is 36.9. The van der Waals surface area contributed by atoms with Crippen LogP contribution in [0.1, 0.15) is 23.2 Å². The molecular formula is C14H13ClFN3O3. The van der Waals surface area contributed by atoms with Gasteiger partial charge in [0.1, 0.15) is 11.4 Å². The van der Waals surface area contributed by atoms with Crippen LogP contribution in [0.3, 0.4) is 0 Å². The Morgan fingerprint density at radius 2 is 1.95 bits per heavy atom. The molecule has 0 saturated carbocycles. The summed E-state index contributed by atoms with van der Waals surface area (Å²) < 4.78 is 13.8. The van der Waals surface area contributed by atoms with Crippen molar-refractivity contribution in [2.24, 2.45) is 0 Å². The van der Waals surface area contributed by atoms with Crippen molar-refractivity contribution in [3.8, 4) is 0 Å². The second kappa shape index (κ2) is 5.24. The van der Waals surface area contributed by atoms with Crippen LogP contribution >= 0.6 is 11.6 Å². The molecule has 3 rings (SSSR count). The highest BCUT2D eigenvalue weighted by Crippen LogP contribution is 2.27. The lowest BCUT2D eigenvalue weighted by Gasteiger charge is -2.37. The Hall–Kier alpha value is -2.15. The van der Waals surface area contributed by atoms with Gasteiger partial charge < -0.3 is 10.2 Å². The van der Waals surface area contributed by atoms with Crippen molar-refractivity contribution in [1.29, 1.82) is 0 Å². The van der Waals surface area contributed by atoms with Gasteiger partial charge in [0.2, 0.25) is 0 Å². The Balaban J connectivity index is 1.72. The molecule has 8 heteroatoms. The molecule has 0 bridgehead atoms. The summed E-state index contributed by atoms with van der Waals surface area (Å²) >= 11 is 5.67. The van der Waals surface area contributed by atoms with Crippen molar-refractivity contribution in [3.63, 3.8) is 0 Å². The van der Waals surface area contributed by atoms with Crippen molar-refractivity contribution in [1.82, 2.24) is 15.5 Å². The number of rotatable bonds is 1. The second-order valence-corrected chi connectivity index (χ2v) is 5.84. The van der Waals surface area contributed by atoms with Gasteiger partial charge in [0.15, 0.2) is 0 Å². The van der Waals surface area contributed by atoms with Gasteiger partial charge in [0.25, 0.3) is 11.8 Å². The fourth-order valence-corrected chi connectivity index (χ4v) is 2.96. The van der Waals surface area contributed by atoms with Crippen LogP contribution in [0.25, 0.3) is 0 Å². The van der Waals surface area contributed by atoms with Crippen molar-refractivity contribution in [2.45, 2.75) is 18.4 Å². The van der Waals surface area contributed by atoms with E-state index in [0.29, 0.717) is 12.8 Å². The second-order valence-electron chi connectivity index (χ2n) is 5.41. The summed E-state index contributed by atoms with van der Waals surface area (Å²) in [7, 11) is 0. The van der Waals surface area contributed by atoms with Crippen LogP contribution in [0.15, 0.2) is 18.2 Å². The Kier molecular flexibility index (Phi) is 3.52. The fraction of sp³-hybridized carbons (Fsp3) is 0.357. The Labute approximate surface area is 130 Å². The van der Waals surface area contributed by atoms with Gasteiger partial charge in [-0.25, -0.2) is 9.18 Å². The van der Waals surface area contributed by atoms with Crippen molar-refractivity contribution in [3.05, 3.63) is 34.6 Å². The van der Waals surface area contributed by atoms with Crippen molar-refractivity contribution in [2.75, 3.05) is 13.1 Å². The number of carbonyl (C=O) groups excluding carboxylic acids is 3. The molecule has 0 aliphatic carbocycles. The zero-order chi connectivity index (χ0) is 15.9. The number of benzene rings is 1. The van der Waals surface area contributed by atoms with E-state index in [0.717, 1.165) is 6.07 Å². The Morgan fingerprint density at radius 1 is 1.27 bits per heavy atom. The Bertz CT molecular complexity index is 671. The third-order valence-electron chi connectivity index (χ3n) is 4.08. The first kappa shape index (κ1) is 14.8. The Morgan fingerprint density at radius 3 is 2.50 bits per heavy atom. The number of piperidine rings is 1. The molecular weight excluding hydrogens is 313 g/mol. The normalized spacial score (nSPS) is 20.0. The van der Waals surface area contributed by atoms with Crippen LogP contribution < -0.4 is 10.6 Å². The summed E-state index contributed by atoms with van der Waals surface area (Å²) in [5.41, 5.74) is -1.01. The average molecular weight is 326 g/mol. The lowest BCUT2D eigenvalue weighted by Crippen LogP contribution is -2.55. The van der Waals surface area contributed by atoms with E-state index in [1.54, 1.807) is 0 Å². The van der Waals surface area contributed by atoms with Gasteiger partial charge in [-0.1, -0.05) is 11.6 Å². The van der Waals surface area contributed by atoms with Crippen LogP contribution in [0.2, 0.25) is 5.02 Å². The van der Waals surface area contributed by atoms with E-state index < -0.39 is 23.3 Å². The van der Waals surface area contributed by atoms with Crippen LogP contribution in [-0.2, 0) is 4.79 Å². The largest absolute Gasteiger partial charge is 0.338 e. The van der Waals surface area contributed by atoms with E-state index in [9.17, 15) is 18.8 Å². The third kappa shape index (κ3) is 2.41. The number of imide groups is 1. The molecule has 22 heavy (non-hydrogen) atoms. The van der Waals surface area contributed by atoms with E-state index >= 15 is 0 Å². The molecule has 2 heterocycles. The van der Waals surface area contributed by atoms with Gasteiger partial charge >= 0.3 is 6.03 Å². The predicted octanol–water partition coefficient (Wildman–Crippen LogP) is 1.29. The lowest BCUT2D eigenvalue weighted by molar-refractivity contribution is -0.125. The van der Waals surface area contributed by atoms with Crippen molar-refractivity contribution >= 4 is 29.4 Å². The minimum absolute atomic E-state index is 0.0553. The molecule has 1 spiro atoms. The molecule has 2 N–H and O–H groups in total. The number of urea groups is 1. The highest BCUT2D eigenvalue weighted by Gasteiger charge is 2.48. The summed E-state index contributed by atoms with van der Waals surface area (Å²) in [5.74, 6) is -1.50. The molecule has 2 aliphatic heterocycles. The zero-order valence-electron chi connectivity index (χ0n) is 11.5. The van der Waals surface area contributed by atoms with Crippen LogP contribution in [0.5, 0.6) is 0 Å². The number of likely N-dealkylation sites (tertiary alicyclic amines) is 1. The monoisotopic (exact) mass is 325 g/mol.